The average molecular weight is 727 g/mol. The van der Waals surface area contributed by atoms with Gasteiger partial charge in [-0.1, -0.05) is 20.8 Å². The number of rotatable bonds is 10. The van der Waals surface area contributed by atoms with Gasteiger partial charge in [0.15, 0.2) is 14.0 Å². The number of nitrogens with one attached hydrogen (secondary N) is 1. The first-order valence-electron chi connectivity index (χ1n) is 14.9. The van der Waals surface area contributed by atoms with Crippen molar-refractivity contribution in [2.75, 3.05) is 6.61 Å². The van der Waals surface area contributed by atoms with Crippen LogP contribution in [0.4, 0.5) is 4.79 Å². The lowest BCUT2D eigenvalue weighted by Gasteiger charge is -2.35. The molecule has 11 nitrogen and oxygen atoms in total. The molecule has 1 fully saturated rings. The molecular formula is C31H34N6O5S4Si. The maximum Gasteiger partial charge on any atom is 0.408 e. The van der Waals surface area contributed by atoms with Crippen LogP contribution in [0.2, 0.25) is 18.1 Å². The third kappa shape index (κ3) is 7.07. The molecule has 1 N–H and O–H groups in total. The highest BCUT2D eigenvalue weighted by molar-refractivity contribution is 7.15. The number of thiazole rings is 4. The molecule has 246 valence electrons. The van der Waals surface area contributed by atoms with Crippen molar-refractivity contribution in [1.82, 2.24) is 30.2 Å². The molecule has 0 spiro atoms. The summed E-state index contributed by atoms with van der Waals surface area (Å²) in [6.07, 6.45) is -0.795. The Morgan fingerprint density at radius 2 is 1.64 bits per heavy atom. The molecule has 0 saturated carbocycles. The molecule has 0 bridgehead atoms. The van der Waals surface area contributed by atoms with E-state index in [4.69, 9.17) is 33.8 Å². The number of hydrogen-bond donors (Lipinski definition) is 1. The number of carbonyl (C=O) groups is 2. The number of cyclic esters (lactones) is 1. The normalized spacial score (nSPS) is 16.7. The zero-order valence-electron chi connectivity index (χ0n) is 26.9. The molecular weight excluding hydrogens is 693 g/mol. The van der Waals surface area contributed by atoms with Gasteiger partial charge >= 0.3 is 12.1 Å². The van der Waals surface area contributed by atoms with Crippen LogP contribution in [0.3, 0.4) is 0 Å². The summed E-state index contributed by atoms with van der Waals surface area (Å²) in [5.41, 5.74) is 4.63. The summed E-state index contributed by atoms with van der Waals surface area (Å²) >= 11 is 5.76. The molecule has 6 heterocycles. The molecule has 2 atom stereocenters. The van der Waals surface area contributed by atoms with Crippen LogP contribution >= 0.6 is 45.3 Å². The van der Waals surface area contributed by atoms with Gasteiger partial charge in [0.1, 0.15) is 49.3 Å². The maximum absolute atomic E-state index is 12.1. The summed E-state index contributed by atoms with van der Waals surface area (Å²) in [6.45, 7) is 15.5. The van der Waals surface area contributed by atoms with Crippen molar-refractivity contribution in [1.29, 1.82) is 0 Å². The minimum Gasteiger partial charge on any atom is -0.461 e. The van der Waals surface area contributed by atoms with E-state index in [-0.39, 0.29) is 29.5 Å². The number of alkyl carbamates (subject to hydrolysis) is 1. The molecule has 0 radical (unpaired) electrons. The molecule has 1 aliphatic heterocycles. The molecule has 5 aromatic heterocycles. The van der Waals surface area contributed by atoms with Gasteiger partial charge in [0.25, 0.3) is 0 Å². The summed E-state index contributed by atoms with van der Waals surface area (Å²) in [5, 5.41) is 13.4. The minimum atomic E-state index is -1.95. The molecule has 5 aromatic rings. The van der Waals surface area contributed by atoms with Crippen molar-refractivity contribution in [2.45, 2.75) is 71.5 Å². The molecule has 6 rings (SSSR count). The van der Waals surface area contributed by atoms with E-state index in [9.17, 15) is 9.59 Å². The SMILES string of the molecule is CCOC(=O)c1csc(-c2csc(-c3ccc(-c4nc(CO[Si](C)(C)C(C)(C)C)cs4)c(-c4csc([C@H]5NC(=O)O[C@@H]5C)n4)n3)n2)n1. The molecule has 1 aliphatic rings. The van der Waals surface area contributed by atoms with Crippen molar-refractivity contribution in [3.05, 3.63) is 50.0 Å². The van der Waals surface area contributed by atoms with Crippen LogP contribution in [0.1, 0.15) is 61.9 Å². The quantitative estimate of drug-likeness (QED) is 0.110. The number of nitrogens with zero attached hydrogens (tertiary/aromatic N) is 5. The van der Waals surface area contributed by atoms with Crippen molar-refractivity contribution < 1.29 is 23.5 Å². The highest BCUT2D eigenvalue weighted by atomic mass is 32.1. The van der Waals surface area contributed by atoms with Crippen LogP contribution in [0.5, 0.6) is 0 Å². The first-order chi connectivity index (χ1) is 22.3. The Morgan fingerprint density at radius 1 is 0.915 bits per heavy atom. The largest absolute Gasteiger partial charge is 0.461 e. The Bertz CT molecular complexity index is 1930. The predicted octanol–water partition coefficient (Wildman–Crippen LogP) is 8.44. The number of carbonyl (C=O) groups excluding carboxylic acids is 2. The summed E-state index contributed by atoms with van der Waals surface area (Å²) in [5.74, 6) is -0.454. The standard InChI is InChI=1S/C31H34N6O5S4Si/c1-8-40-29(38)22-15-45-27(36-22)21-14-44-26(35-21)19-10-9-18(25-32-17(12-43-25)11-41-47(6,7)31(3,4)5)24(33-19)20-13-46-28(34-20)23-16(2)42-30(39)37-23/h9-10,12-16,23H,8,11H2,1-7H3,(H,37,39)/t16-,23+/m1/s1. The topological polar surface area (TPSA) is 138 Å². The molecule has 47 heavy (non-hydrogen) atoms. The van der Waals surface area contributed by atoms with E-state index in [1.807, 2.05) is 35.2 Å². The number of esters is 1. The van der Waals surface area contributed by atoms with E-state index >= 15 is 0 Å². The fourth-order valence-electron chi connectivity index (χ4n) is 4.41. The second-order valence-corrected chi connectivity index (χ2v) is 20.7. The Morgan fingerprint density at radius 3 is 2.36 bits per heavy atom. The smallest absolute Gasteiger partial charge is 0.408 e. The van der Waals surface area contributed by atoms with Crippen LogP contribution in [0, 0.1) is 0 Å². The lowest BCUT2D eigenvalue weighted by Crippen LogP contribution is -2.40. The van der Waals surface area contributed by atoms with Gasteiger partial charge in [-0.2, -0.15) is 0 Å². The highest BCUT2D eigenvalue weighted by Gasteiger charge is 2.37. The summed E-state index contributed by atoms with van der Waals surface area (Å²) < 4.78 is 16.8. The van der Waals surface area contributed by atoms with E-state index in [1.165, 1.54) is 45.3 Å². The highest BCUT2D eigenvalue weighted by Crippen LogP contribution is 2.40. The van der Waals surface area contributed by atoms with E-state index in [2.05, 4.69) is 44.2 Å². The van der Waals surface area contributed by atoms with Crippen LogP contribution in [0.25, 0.3) is 43.4 Å². The Balaban J connectivity index is 1.34. The summed E-state index contributed by atoms with van der Waals surface area (Å²) in [6, 6.07) is 3.59. The van der Waals surface area contributed by atoms with E-state index in [0.29, 0.717) is 39.4 Å². The monoisotopic (exact) mass is 726 g/mol. The first kappa shape index (κ1) is 33.5. The summed E-state index contributed by atoms with van der Waals surface area (Å²) in [7, 11) is -1.95. The van der Waals surface area contributed by atoms with E-state index in [0.717, 1.165) is 21.3 Å². The Kier molecular flexibility index (Phi) is 9.43. The fraction of sp³-hybridized carbons (Fsp3) is 0.387. The van der Waals surface area contributed by atoms with Crippen LogP contribution in [-0.2, 0) is 20.5 Å². The fourth-order valence-corrected chi connectivity index (χ4v) is 8.72. The Hall–Kier alpha value is -3.41. The predicted molar refractivity (Wildman–Crippen MR) is 188 cm³/mol. The molecule has 1 saturated heterocycles. The van der Waals surface area contributed by atoms with Gasteiger partial charge in [-0.25, -0.2) is 34.5 Å². The number of aromatic nitrogens is 5. The zero-order chi connectivity index (χ0) is 33.5. The van der Waals surface area contributed by atoms with Crippen molar-refractivity contribution in [3.8, 4) is 43.4 Å². The van der Waals surface area contributed by atoms with Gasteiger partial charge in [0.2, 0.25) is 0 Å². The number of pyridine rings is 1. The van der Waals surface area contributed by atoms with Crippen LogP contribution < -0.4 is 5.32 Å². The lowest BCUT2D eigenvalue weighted by molar-refractivity contribution is 0.0520. The van der Waals surface area contributed by atoms with Gasteiger partial charge in [-0.15, -0.1) is 45.3 Å². The average Bonchev–Trinajstić information content (AvgIpc) is 3.86. The lowest BCUT2D eigenvalue weighted by atomic mass is 10.1. The second kappa shape index (κ2) is 13.2. The van der Waals surface area contributed by atoms with E-state index < -0.39 is 20.4 Å². The molecule has 0 unspecified atom stereocenters. The minimum absolute atomic E-state index is 0.0981. The zero-order valence-corrected chi connectivity index (χ0v) is 31.2. The first-order valence-corrected chi connectivity index (χ1v) is 21.4. The van der Waals surface area contributed by atoms with Gasteiger partial charge in [-0.05, 0) is 44.1 Å². The van der Waals surface area contributed by atoms with Gasteiger partial charge in [0.05, 0.1) is 24.6 Å². The molecule has 16 heteroatoms. The number of amides is 1. The van der Waals surface area contributed by atoms with Crippen molar-refractivity contribution >= 4 is 65.7 Å². The maximum atomic E-state index is 12.1. The van der Waals surface area contributed by atoms with Crippen molar-refractivity contribution in [3.63, 3.8) is 0 Å². The number of ether oxygens (including phenoxy) is 2. The third-order valence-electron chi connectivity index (χ3n) is 8.06. The van der Waals surface area contributed by atoms with E-state index in [1.54, 1.807) is 12.3 Å². The Labute approximate surface area is 289 Å². The summed E-state index contributed by atoms with van der Waals surface area (Å²) in [4.78, 5) is 48.2. The van der Waals surface area contributed by atoms with Gasteiger partial charge in [-0.3, -0.25) is 0 Å². The second-order valence-electron chi connectivity index (χ2n) is 12.4. The van der Waals surface area contributed by atoms with Gasteiger partial charge in [0, 0.05) is 27.1 Å². The molecule has 1 amide bonds. The number of hydrogen-bond acceptors (Lipinski definition) is 14. The molecule has 0 aromatic carbocycles. The third-order valence-corrected chi connectivity index (χ3v) is 16.1. The molecule has 0 aliphatic carbocycles. The van der Waals surface area contributed by atoms with Gasteiger partial charge < -0.3 is 19.2 Å². The van der Waals surface area contributed by atoms with Crippen molar-refractivity contribution in [2.24, 2.45) is 0 Å². The van der Waals surface area contributed by atoms with Crippen LogP contribution in [0.15, 0.2) is 33.7 Å². The van der Waals surface area contributed by atoms with Crippen LogP contribution in [-0.4, -0.2) is 58.0 Å².